The summed E-state index contributed by atoms with van der Waals surface area (Å²) in [5.74, 6) is -1.01. The normalized spacial score (nSPS) is 12.2. The number of nitrogens with two attached hydrogens (primary N) is 1. The van der Waals surface area contributed by atoms with Crippen LogP contribution in [-0.4, -0.2) is 35.9 Å². The molecule has 0 aliphatic carbocycles. The molecular formula is C11H16N2O3. The van der Waals surface area contributed by atoms with Gasteiger partial charge in [0.05, 0.1) is 17.4 Å². The highest BCUT2D eigenvalue weighted by molar-refractivity contribution is 5.95. The van der Waals surface area contributed by atoms with Crippen LogP contribution in [0.4, 0.5) is 11.4 Å². The van der Waals surface area contributed by atoms with Crippen molar-refractivity contribution in [2.24, 2.45) is 0 Å². The number of carboxylic acid groups (broad SMARTS) is 1. The first-order valence-electron chi connectivity index (χ1n) is 4.94. The minimum Gasteiger partial charge on any atom is -0.478 e. The number of nitrogens with zero attached hydrogens (tertiary/aromatic N) is 1. The highest BCUT2D eigenvalue weighted by atomic mass is 16.4. The van der Waals surface area contributed by atoms with E-state index in [4.69, 9.17) is 10.8 Å². The summed E-state index contributed by atoms with van der Waals surface area (Å²) in [6.07, 6.45) is -0.534. The monoisotopic (exact) mass is 224 g/mol. The standard InChI is InChI=1S/C11H16N2O3/c1-7(14)6-13(2)10-5-8(12)3-4-9(10)11(15)16/h3-5,7,14H,6,12H2,1-2H3,(H,15,16). The van der Waals surface area contributed by atoms with Gasteiger partial charge in [-0.05, 0) is 25.1 Å². The maximum absolute atomic E-state index is 11.0. The first kappa shape index (κ1) is 12.3. The van der Waals surface area contributed by atoms with Crippen LogP contribution < -0.4 is 10.6 Å². The molecule has 0 aliphatic heterocycles. The number of benzene rings is 1. The van der Waals surface area contributed by atoms with Gasteiger partial charge >= 0.3 is 5.97 Å². The molecule has 5 nitrogen and oxygen atoms in total. The van der Waals surface area contributed by atoms with Crippen LogP contribution in [0.2, 0.25) is 0 Å². The van der Waals surface area contributed by atoms with E-state index in [1.165, 1.54) is 6.07 Å². The SMILES string of the molecule is CC(O)CN(C)c1cc(N)ccc1C(=O)O. The van der Waals surface area contributed by atoms with Gasteiger partial charge in [0.2, 0.25) is 0 Å². The van der Waals surface area contributed by atoms with Crippen molar-refractivity contribution in [3.8, 4) is 0 Å². The lowest BCUT2D eigenvalue weighted by Crippen LogP contribution is -2.28. The number of aliphatic hydroxyl groups is 1. The molecule has 0 bridgehead atoms. The molecule has 1 rings (SSSR count). The van der Waals surface area contributed by atoms with Crippen molar-refractivity contribution in [1.82, 2.24) is 0 Å². The summed E-state index contributed by atoms with van der Waals surface area (Å²) < 4.78 is 0. The number of aliphatic hydroxyl groups excluding tert-OH is 1. The average molecular weight is 224 g/mol. The summed E-state index contributed by atoms with van der Waals surface area (Å²) in [5, 5.41) is 18.3. The first-order chi connectivity index (χ1) is 7.41. The number of carboxylic acids is 1. The Morgan fingerprint density at radius 3 is 2.69 bits per heavy atom. The Morgan fingerprint density at radius 2 is 2.19 bits per heavy atom. The Balaban J connectivity index is 3.09. The Bertz CT molecular complexity index is 391. The molecule has 0 heterocycles. The van der Waals surface area contributed by atoms with Gasteiger partial charge in [0.1, 0.15) is 0 Å². The van der Waals surface area contributed by atoms with Gasteiger partial charge in [0.15, 0.2) is 0 Å². The molecule has 88 valence electrons. The molecule has 1 aromatic carbocycles. The molecule has 0 fully saturated rings. The van der Waals surface area contributed by atoms with Crippen LogP contribution in [0.15, 0.2) is 18.2 Å². The maximum atomic E-state index is 11.0. The number of carbonyl (C=O) groups is 1. The highest BCUT2D eigenvalue weighted by Crippen LogP contribution is 2.22. The minimum absolute atomic E-state index is 0.178. The summed E-state index contributed by atoms with van der Waals surface area (Å²) >= 11 is 0. The van der Waals surface area contributed by atoms with Gasteiger partial charge in [0.25, 0.3) is 0 Å². The number of rotatable bonds is 4. The van der Waals surface area contributed by atoms with E-state index in [9.17, 15) is 9.90 Å². The van der Waals surface area contributed by atoms with Gasteiger partial charge in [-0.15, -0.1) is 0 Å². The topological polar surface area (TPSA) is 86.8 Å². The predicted octanol–water partition coefficient (Wildman–Crippen LogP) is 0.784. The summed E-state index contributed by atoms with van der Waals surface area (Å²) in [6.45, 7) is 1.99. The molecule has 0 aromatic heterocycles. The lowest BCUT2D eigenvalue weighted by Gasteiger charge is -2.22. The van der Waals surface area contributed by atoms with Crippen molar-refractivity contribution in [3.05, 3.63) is 23.8 Å². The van der Waals surface area contributed by atoms with Gasteiger partial charge in [-0.1, -0.05) is 0 Å². The molecule has 5 heteroatoms. The number of aromatic carboxylic acids is 1. The molecule has 1 aromatic rings. The van der Waals surface area contributed by atoms with E-state index in [-0.39, 0.29) is 5.56 Å². The number of nitrogen functional groups attached to an aromatic ring is 1. The van der Waals surface area contributed by atoms with Crippen LogP contribution in [-0.2, 0) is 0 Å². The molecular weight excluding hydrogens is 208 g/mol. The van der Waals surface area contributed by atoms with Crippen LogP contribution in [0.5, 0.6) is 0 Å². The third-order valence-electron chi connectivity index (χ3n) is 2.20. The van der Waals surface area contributed by atoms with Crippen molar-refractivity contribution >= 4 is 17.3 Å². The summed E-state index contributed by atoms with van der Waals surface area (Å²) in [7, 11) is 1.72. The van der Waals surface area contributed by atoms with E-state index < -0.39 is 12.1 Å². The summed E-state index contributed by atoms with van der Waals surface area (Å²) in [4.78, 5) is 12.7. The van der Waals surface area contributed by atoms with E-state index in [1.807, 2.05) is 0 Å². The number of likely N-dealkylation sites (N-methyl/N-ethyl adjacent to an activating group) is 1. The zero-order valence-electron chi connectivity index (χ0n) is 9.34. The average Bonchev–Trinajstić information content (AvgIpc) is 2.15. The predicted molar refractivity (Wildman–Crippen MR) is 62.8 cm³/mol. The Labute approximate surface area is 94.1 Å². The lowest BCUT2D eigenvalue weighted by atomic mass is 10.1. The van der Waals surface area contributed by atoms with E-state index >= 15 is 0 Å². The molecule has 0 saturated heterocycles. The van der Waals surface area contributed by atoms with Crippen molar-refractivity contribution < 1.29 is 15.0 Å². The van der Waals surface area contributed by atoms with Gasteiger partial charge in [-0.3, -0.25) is 0 Å². The number of anilines is 2. The fourth-order valence-electron chi connectivity index (χ4n) is 1.54. The van der Waals surface area contributed by atoms with E-state index in [0.29, 0.717) is 17.9 Å². The fourth-order valence-corrected chi connectivity index (χ4v) is 1.54. The van der Waals surface area contributed by atoms with Gasteiger partial charge in [-0.25, -0.2) is 4.79 Å². The third kappa shape index (κ3) is 2.87. The summed E-state index contributed by atoms with van der Waals surface area (Å²) in [5.41, 5.74) is 6.80. The Kier molecular flexibility index (Phi) is 3.73. The van der Waals surface area contributed by atoms with E-state index in [1.54, 1.807) is 31.0 Å². The van der Waals surface area contributed by atoms with Gasteiger partial charge in [0, 0.05) is 19.3 Å². The third-order valence-corrected chi connectivity index (χ3v) is 2.20. The maximum Gasteiger partial charge on any atom is 0.337 e. The van der Waals surface area contributed by atoms with Crippen molar-refractivity contribution in [2.45, 2.75) is 13.0 Å². The largest absolute Gasteiger partial charge is 0.478 e. The smallest absolute Gasteiger partial charge is 0.337 e. The molecule has 0 radical (unpaired) electrons. The first-order valence-corrected chi connectivity index (χ1v) is 4.94. The van der Waals surface area contributed by atoms with Gasteiger partial charge < -0.3 is 20.8 Å². The minimum atomic E-state index is -1.01. The van der Waals surface area contributed by atoms with E-state index in [0.717, 1.165) is 0 Å². The highest BCUT2D eigenvalue weighted by Gasteiger charge is 2.14. The summed E-state index contributed by atoms with van der Waals surface area (Å²) in [6, 6.07) is 4.60. The second-order valence-electron chi connectivity index (χ2n) is 3.81. The second-order valence-corrected chi connectivity index (χ2v) is 3.81. The Morgan fingerprint density at radius 1 is 1.56 bits per heavy atom. The molecule has 0 spiro atoms. The molecule has 4 N–H and O–H groups in total. The molecule has 0 saturated carbocycles. The number of hydrogen-bond acceptors (Lipinski definition) is 4. The van der Waals surface area contributed by atoms with Crippen LogP contribution in [0.1, 0.15) is 17.3 Å². The van der Waals surface area contributed by atoms with Crippen molar-refractivity contribution in [3.63, 3.8) is 0 Å². The molecule has 1 unspecified atom stereocenters. The van der Waals surface area contributed by atoms with E-state index in [2.05, 4.69) is 0 Å². The zero-order chi connectivity index (χ0) is 12.3. The second kappa shape index (κ2) is 4.85. The van der Waals surface area contributed by atoms with Crippen LogP contribution >= 0.6 is 0 Å². The molecule has 0 aliphatic rings. The molecule has 16 heavy (non-hydrogen) atoms. The number of hydrogen-bond donors (Lipinski definition) is 3. The lowest BCUT2D eigenvalue weighted by molar-refractivity contribution is 0.0697. The fraction of sp³-hybridized carbons (Fsp3) is 0.364. The Hall–Kier alpha value is -1.75. The molecule has 0 amide bonds. The molecule has 1 atom stereocenters. The van der Waals surface area contributed by atoms with Gasteiger partial charge in [-0.2, -0.15) is 0 Å². The van der Waals surface area contributed by atoms with Crippen LogP contribution in [0.3, 0.4) is 0 Å². The van der Waals surface area contributed by atoms with Crippen LogP contribution in [0, 0.1) is 0 Å². The van der Waals surface area contributed by atoms with Crippen molar-refractivity contribution in [1.29, 1.82) is 0 Å². The zero-order valence-corrected chi connectivity index (χ0v) is 9.34. The van der Waals surface area contributed by atoms with Crippen LogP contribution in [0.25, 0.3) is 0 Å². The quantitative estimate of drug-likeness (QED) is 0.658. The van der Waals surface area contributed by atoms with Crippen molar-refractivity contribution in [2.75, 3.05) is 24.2 Å².